The van der Waals surface area contributed by atoms with Gasteiger partial charge in [-0.25, -0.2) is 4.99 Å². The Hall–Kier alpha value is -0.980. The molecule has 1 aliphatic heterocycles. The van der Waals surface area contributed by atoms with E-state index in [9.17, 15) is 0 Å². The summed E-state index contributed by atoms with van der Waals surface area (Å²) in [5.74, 6) is 1.22. The Bertz CT molecular complexity index is 616. The van der Waals surface area contributed by atoms with E-state index in [1.54, 1.807) is 6.21 Å². The van der Waals surface area contributed by atoms with Gasteiger partial charge >= 0.3 is 0 Å². The maximum atomic E-state index is 6.07. The van der Waals surface area contributed by atoms with Gasteiger partial charge in [0.15, 0.2) is 0 Å². The fourth-order valence-electron chi connectivity index (χ4n) is 2.21. The van der Waals surface area contributed by atoms with Crippen LogP contribution in [-0.4, -0.2) is 44.8 Å². The second-order valence-corrected chi connectivity index (χ2v) is 11.3. The SMILES string of the molecule is C=C(/N=C/c1cc(Br)ccc1OCC1(CC)COC1)OS(C)(C)C. The summed E-state index contributed by atoms with van der Waals surface area (Å²) in [6.45, 7) is 8.21. The zero-order chi connectivity index (χ0) is 17.8. The molecule has 0 aliphatic carbocycles. The molecule has 0 spiro atoms. The smallest absolute Gasteiger partial charge is 0.217 e. The van der Waals surface area contributed by atoms with Gasteiger partial charge in [0.1, 0.15) is 5.75 Å². The molecule has 1 aliphatic rings. The lowest BCUT2D eigenvalue weighted by molar-refractivity contribution is -0.133. The molecule has 0 atom stereocenters. The molecule has 134 valence electrons. The van der Waals surface area contributed by atoms with Crippen LogP contribution in [0.1, 0.15) is 18.9 Å². The van der Waals surface area contributed by atoms with Gasteiger partial charge in [0.25, 0.3) is 0 Å². The van der Waals surface area contributed by atoms with E-state index >= 15 is 0 Å². The molecule has 1 fully saturated rings. The Labute approximate surface area is 154 Å². The van der Waals surface area contributed by atoms with Crippen LogP contribution in [0.5, 0.6) is 5.75 Å². The summed E-state index contributed by atoms with van der Waals surface area (Å²) < 4.78 is 18.1. The van der Waals surface area contributed by atoms with Crippen LogP contribution >= 0.6 is 26.2 Å². The van der Waals surface area contributed by atoms with E-state index in [0.29, 0.717) is 12.5 Å². The third-order valence-electron chi connectivity index (χ3n) is 3.77. The Morgan fingerprint density at radius 2 is 2.12 bits per heavy atom. The van der Waals surface area contributed by atoms with Gasteiger partial charge in [0, 0.05) is 16.3 Å². The molecule has 4 nitrogen and oxygen atoms in total. The van der Waals surface area contributed by atoms with E-state index in [1.165, 1.54) is 0 Å². The van der Waals surface area contributed by atoms with Crippen molar-refractivity contribution in [3.63, 3.8) is 0 Å². The number of hydrogen-bond acceptors (Lipinski definition) is 4. The Morgan fingerprint density at radius 1 is 1.42 bits per heavy atom. The highest BCUT2D eigenvalue weighted by molar-refractivity contribution is 9.10. The molecular formula is C18H26BrNO3S. The number of benzene rings is 1. The van der Waals surface area contributed by atoms with Crippen molar-refractivity contribution in [3.8, 4) is 5.75 Å². The fraction of sp³-hybridized carbons (Fsp3) is 0.500. The standard InChI is InChI=1S/C18H26BrNO3S/c1-6-18(11-21-12-18)13-22-17-8-7-16(19)9-15(17)10-20-14(2)23-24(3,4)5/h7-10H,2,6,11-13H2,1,3-5H3/b20-10+. The lowest BCUT2D eigenvalue weighted by atomic mass is 9.84. The van der Waals surface area contributed by atoms with Crippen molar-refractivity contribution in [2.24, 2.45) is 10.4 Å². The van der Waals surface area contributed by atoms with Gasteiger partial charge in [-0.2, -0.15) is 0 Å². The predicted octanol–water partition coefficient (Wildman–Crippen LogP) is 4.77. The molecule has 1 heterocycles. The van der Waals surface area contributed by atoms with E-state index < -0.39 is 10.3 Å². The first-order valence-corrected chi connectivity index (χ1v) is 11.4. The number of ether oxygens (including phenoxy) is 2. The summed E-state index contributed by atoms with van der Waals surface area (Å²) in [5.41, 5.74) is 1.04. The van der Waals surface area contributed by atoms with E-state index in [0.717, 1.165) is 35.4 Å². The molecule has 0 aromatic heterocycles. The summed E-state index contributed by atoms with van der Waals surface area (Å²) in [6.07, 6.45) is 8.93. The van der Waals surface area contributed by atoms with E-state index in [1.807, 2.05) is 37.0 Å². The maximum absolute atomic E-state index is 6.07. The molecule has 24 heavy (non-hydrogen) atoms. The summed E-state index contributed by atoms with van der Waals surface area (Å²) in [6, 6.07) is 5.89. The van der Waals surface area contributed by atoms with Gasteiger partial charge in [0.2, 0.25) is 5.88 Å². The van der Waals surface area contributed by atoms with Gasteiger partial charge in [-0.05, 0) is 50.0 Å². The molecule has 0 radical (unpaired) electrons. The number of hydrogen-bond donors (Lipinski definition) is 0. The Kier molecular flexibility index (Phi) is 6.39. The highest BCUT2D eigenvalue weighted by atomic mass is 79.9. The second-order valence-electron chi connectivity index (χ2n) is 6.78. The fourth-order valence-corrected chi connectivity index (χ4v) is 3.21. The van der Waals surface area contributed by atoms with Crippen LogP contribution in [0.2, 0.25) is 0 Å². The van der Waals surface area contributed by atoms with Crippen molar-refractivity contribution in [3.05, 3.63) is 40.7 Å². The van der Waals surface area contributed by atoms with Crippen LogP contribution < -0.4 is 4.74 Å². The van der Waals surface area contributed by atoms with Crippen LogP contribution in [0.3, 0.4) is 0 Å². The van der Waals surface area contributed by atoms with Crippen LogP contribution in [0.25, 0.3) is 0 Å². The van der Waals surface area contributed by atoms with Crippen molar-refractivity contribution < 1.29 is 13.7 Å². The van der Waals surface area contributed by atoms with Gasteiger partial charge in [-0.3, -0.25) is 0 Å². The average molecular weight is 416 g/mol. The van der Waals surface area contributed by atoms with Crippen molar-refractivity contribution in [1.82, 2.24) is 0 Å². The molecule has 6 heteroatoms. The molecule has 2 rings (SSSR count). The van der Waals surface area contributed by atoms with Crippen molar-refractivity contribution in [2.75, 3.05) is 38.6 Å². The second kappa shape index (κ2) is 7.93. The minimum absolute atomic E-state index is 0.143. The van der Waals surface area contributed by atoms with Gasteiger partial charge < -0.3 is 13.7 Å². The number of halogens is 1. The lowest BCUT2D eigenvalue weighted by Gasteiger charge is -2.40. The van der Waals surface area contributed by atoms with Gasteiger partial charge in [-0.15, -0.1) is 0 Å². The van der Waals surface area contributed by atoms with Gasteiger partial charge in [-0.1, -0.05) is 33.2 Å². The van der Waals surface area contributed by atoms with Crippen molar-refractivity contribution >= 4 is 32.5 Å². The molecule has 1 aromatic carbocycles. The molecule has 1 saturated heterocycles. The Morgan fingerprint density at radius 3 is 2.67 bits per heavy atom. The number of nitrogens with zero attached hydrogens (tertiary/aromatic N) is 1. The zero-order valence-corrected chi connectivity index (χ0v) is 17.2. The maximum Gasteiger partial charge on any atom is 0.217 e. The largest absolute Gasteiger partial charge is 0.492 e. The zero-order valence-electron chi connectivity index (χ0n) is 14.8. The third-order valence-corrected chi connectivity index (χ3v) is 4.95. The first kappa shape index (κ1) is 19.3. The molecule has 0 saturated carbocycles. The van der Waals surface area contributed by atoms with Crippen LogP contribution in [-0.2, 0) is 8.92 Å². The minimum Gasteiger partial charge on any atom is -0.492 e. The molecule has 1 aromatic rings. The van der Waals surface area contributed by atoms with E-state index in [-0.39, 0.29) is 5.41 Å². The summed E-state index contributed by atoms with van der Waals surface area (Å²) >= 11 is 3.49. The topological polar surface area (TPSA) is 40.0 Å². The monoisotopic (exact) mass is 415 g/mol. The molecule has 0 amide bonds. The van der Waals surface area contributed by atoms with Gasteiger partial charge in [0.05, 0.1) is 25.2 Å². The van der Waals surface area contributed by atoms with Crippen LogP contribution in [0.4, 0.5) is 0 Å². The third kappa shape index (κ3) is 5.53. The minimum atomic E-state index is -1.14. The van der Waals surface area contributed by atoms with Crippen molar-refractivity contribution in [2.45, 2.75) is 13.3 Å². The highest BCUT2D eigenvalue weighted by Crippen LogP contribution is 2.38. The van der Waals surface area contributed by atoms with E-state index in [2.05, 4.69) is 34.4 Å². The molecular weight excluding hydrogens is 390 g/mol. The summed E-state index contributed by atoms with van der Waals surface area (Å²) in [4.78, 5) is 4.33. The number of rotatable bonds is 8. The lowest BCUT2D eigenvalue weighted by Crippen LogP contribution is -2.46. The first-order chi connectivity index (χ1) is 11.2. The predicted molar refractivity (Wildman–Crippen MR) is 106 cm³/mol. The Balaban J connectivity index is 2.08. The van der Waals surface area contributed by atoms with Crippen LogP contribution in [0.15, 0.2) is 40.1 Å². The molecule has 0 bridgehead atoms. The van der Waals surface area contributed by atoms with Crippen molar-refractivity contribution in [1.29, 1.82) is 0 Å². The average Bonchev–Trinajstić information content (AvgIpc) is 2.44. The normalized spacial score (nSPS) is 17.4. The quantitative estimate of drug-likeness (QED) is 0.453. The summed E-state index contributed by atoms with van der Waals surface area (Å²) in [7, 11) is -1.14. The number of aliphatic imine (C=N–C) groups is 1. The first-order valence-electron chi connectivity index (χ1n) is 7.84. The molecule has 0 unspecified atom stereocenters. The summed E-state index contributed by atoms with van der Waals surface area (Å²) in [5, 5.41) is 0. The van der Waals surface area contributed by atoms with Crippen LogP contribution in [0, 0.1) is 5.41 Å². The molecule has 0 N–H and O–H groups in total. The highest BCUT2D eigenvalue weighted by Gasteiger charge is 2.37. The van der Waals surface area contributed by atoms with E-state index in [4.69, 9.17) is 13.7 Å².